The maximum Gasteiger partial charge on any atom is 0.270 e. The molecule has 0 spiro atoms. The van der Waals surface area contributed by atoms with Gasteiger partial charge in [0.1, 0.15) is 11.5 Å². The number of rotatable bonds is 5. The molecule has 7 heteroatoms. The predicted octanol–water partition coefficient (Wildman–Crippen LogP) is 4.66. The summed E-state index contributed by atoms with van der Waals surface area (Å²) in [4.78, 5) is 16.2. The Morgan fingerprint density at radius 1 is 1.08 bits per heavy atom. The minimum absolute atomic E-state index is 0.284. The van der Waals surface area contributed by atoms with E-state index in [0.29, 0.717) is 39.4 Å². The van der Waals surface area contributed by atoms with Crippen LogP contribution in [0.3, 0.4) is 0 Å². The van der Waals surface area contributed by atoms with E-state index >= 15 is 0 Å². The Bertz CT molecular complexity index is 813. The van der Waals surface area contributed by atoms with Crippen molar-refractivity contribution < 1.29 is 9.21 Å². The molecule has 1 amide bonds. The molecular formula is C17H13Cl2N3O2. The van der Waals surface area contributed by atoms with E-state index in [1.807, 2.05) is 0 Å². The number of carbonyl (C=O) groups excluding carboxylic acids is 1. The van der Waals surface area contributed by atoms with Crippen LogP contribution in [-0.2, 0) is 6.54 Å². The fraction of sp³-hybridized carbons (Fsp3) is 0.0588. The van der Waals surface area contributed by atoms with Crippen LogP contribution in [0.15, 0.2) is 59.3 Å². The molecule has 0 bridgehead atoms. The van der Waals surface area contributed by atoms with E-state index in [2.05, 4.69) is 15.6 Å². The summed E-state index contributed by atoms with van der Waals surface area (Å²) in [5, 5.41) is 6.82. The number of nitrogens with zero attached hydrogens (tertiary/aromatic N) is 1. The van der Waals surface area contributed by atoms with Crippen molar-refractivity contribution in [3.63, 3.8) is 0 Å². The topological polar surface area (TPSA) is 67.2 Å². The standard InChI is InChI=1S/C17H13Cl2N3O2/c18-13-4-1-5-14(19)16(13)22-11-6-7-15(20-9-11)17(23)21-10-12-3-2-8-24-12/h1-9,22H,10H2,(H,21,23). The van der Waals surface area contributed by atoms with Crippen LogP contribution in [0.1, 0.15) is 16.2 Å². The molecule has 2 aromatic heterocycles. The molecule has 1 aromatic carbocycles. The zero-order valence-electron chi connectivity index (χ0n) is 12.4. The van der Waals surface area contributed by atoms with Gasteiger partial charge in [0.25, 0.3) is 5.91 Å². The van der Waals surface area contributed by atoms with Gasteiger partial charge in [0.2, 0.25) is 0 Å². The lowest BCUT2D eigenvalue weighted by Gasteiger charge is -2.10. The average Bonchev–Trinajstić information content (AvgIpc) is 3.10. The first-order valence-electron chi connectivity index (χ1n) is 7.11. The second kappa shape index (κ2) is 7.38. The molecule has 5 nitrogen and oxygen atoms in total. The van der Waals surface area contributed by atoms with E-state index in [4.69, 9.17) is 27.6 Å². The van der Waals surface area contributed by atoms with Crippen molar-refractivity contribution >= 4 is 40.5 Å². The van der Waals surface area contributed by atoms with Gasteiger partial charge in [-0.15, -0.1) is 0 Å². The lowest BCUT2D eigenvalue weighted by atomic mass is 10.2. The van der Waals surface area contributed by atoms with E-state index in [1.165, 1.54) is 0 Å². The van der Waals surface area contributed by atoms with E-state index < -0.39 is 0 Å². The average molecular weight is 362 g/mol. The predicted molar refractivity (Wildman–Crippen MR) is 93.9 cm³/mol. The number of nitrogens with one attached hydrogen (secondary N) is 2. The molecule has 0 fully saturated rings. The second-order valence-electron chi connectivity index (χ2n) is 4.92. The summed E-state index contributed by atoms with van der Waals surface area (Å²) in [7, 11) is 0. The first-order valence-corrected chi connectivity index (χ1v) is 7.87. The fourth-order valence-corrected chi connectivity index (χ4v) is 2.53. The molecule has 3 rings (SSSR count). The Hall–Kier alpha value is -2.50. The van der Waals surface area contributed by atoms with Crippen molar-refractivity contribution in [3.8, 4) is 0 Å². The number of hydrogen-bond donors (Lipinski definition) is 2. The molecule has 0 aliphatic heterocycles. The summed E-state index contributed by atoms with van der Waals surface area (Å²) < 4.78 is 5.16. The lowest BCUT2D eigenvalue weighted by molar-refractivity contribution is 0.0943. The fourth-order valence-electron chi connectivity index (χ4n) is 2.03. The van der Waals surface area contributed by atoms with Crippen LogP contribution >= 0.6 is 23.2 Å². The molecule has 0 aliphatic rings. The second-order valence-corrected chi connectivity index (χ2v) is 5.73. The number of halogens is 2. The third-order valence-electron chi connectivity index (χ3n) is 3.23. The van der Waals surface area contributed by atoms with Gasteiger partial charge in [-0.2, -0.15) is 0 Å². The molecule has 122 valence electrons. The van der Waals surface area contributed by atoms with E-state index in [-0.39, 0.29) is 5.91 Å². The number of aromatic nitrogens is 1. The number of para-hydroxylation sites is 1. The molecule has 24 heavy (non-hydrogen) atoms. The number of benzene rings is 1. The van der Waals surface area contributed by atoms with Crippen LogP contribution in [-0.4, -0.2) is 10.9 Å². The molecule has 0 unspecified atom stereocenters. The summed E-state index contributed by atoms with van der Waals surface area (Å²) >= 11 is 12.2. The molecule has 0 saturated carbocycles. The largest absolute Gasteiger partial charge is 0.467 e. The molecule has 0 saturated heterocycles. The molecule has 0 atom stereocenters. The monoisotopic (exact) mass is 361 g/mol. The van der Waals surface area contributed by atoms with Gasteiger partial charge in [0, 0.05) is 0 Å². The van der Waals surface area contributed by atoms with Gasteiger partial charge >= 0.3 is 0 Å². The summed E-state index contributed by atoms with van der Waals surface area (Å²) in [5.74, 6) is 0.392. The van der Waals surface area contributed by atoms with Gasteiger partial charge in [-0.3, -0.25) is 4.79 Å². The number of pyridine rings is 1. The van der Waals surface area contributed by atoms with Crippen LogP contribution < -0.4 is 10.6 Å². The van der Waals surface area contributed by atoms with Gasteiger partial charge in [0.05, 0.1) is 40.4 Å². The third kappa shape index (κ3) is 3.88. The lowest BCUT2D eigenvalue weighted by Crippen LogP contribution is -2.23. The van der Waals surface area contributed by atoms with E-state index in [9.17, 15) is 4.79 Å². The van der Waals surface area contributed by atoms with Crippen LogP contribution in [0.4, 0.5) is 11.4 Å². The van der Waals surface area contributed by atoms with Gasteiger partial charge in [-0.1, -0.05) is 29.3 Å². The Morgan fingerprint density at radius 2 is 1.88 bits per heavy atom. The highest BCUT2D eigenvalue weighted by atomic mass is 35.5. The van der Waals surface area contributed by atoms with Crippen molar-refractivity contribution in [2.45, 2.75) is 6.54 Å². The number of carbonyl (C=O) groups is 1. The molecular weight excluding hydrogens is 349 g/mol. The first kappa shape index (κ1) is 16.4. The van der Waals surface area contributed by atoms with E-state index in [0.717, 1.165) is 0 Å². The third-order valence-corrected chi connectivity index (χ3v) is 3.86. The zero-order valence-corrected chi connectivity index (χ0v) is 13.9. The van der Waals surface area contributed by atoms with Crippen LogP contribution in [0, 0.1) is 0 Å². The minimum Gasteiger partial charge on any atom is -0.467 e. The van der Waals surface area contributed by atoms with Gasteiger partial charge < -0.3 is 15.1 Å². The van der Waals surface area contributed by atoms with Crippen LogP contribution in [0.2, 0.25) is 10.0 Å². The Balaban J connectivity index is 1.65. The highest BCUT2D eigenvalue weighted by molar-refractivity contribution is 6.39. The van der Waals surface area contributed by atoms with Crippen molar-refractivity contribution in [2.75, 3.05) is 5.32 Å². The zero-order chi connectivity index (χ0) is 16.9. The number of anilines is 2. The quantitative estimate of drug-likeness (QED) is 0.693. The van der Waals surface area contributed by atoms with Crippen molar-refractivity contribution in [2.24, 2.45) is 0 Å². The molecule has 0 aliphatic carbocycles. The summed E-state index contributed by atoms with van der Waals surface area (Å²) in [5.41, 5.74) is 1.57. The Morgan fingerprint density at radius 3 is 2.50 bits per heavy atom. The highest BCUT2D eigenvalue weighted by Crippen LogP contribution is 2.32. The molecule has 3 aromatic rings. The number of furan rings is 1. The van der Waals surface area contributed by atoms with Gasteiger partial charge in [-0.05, 0) is 36.4 Å². The SMILES string of the molecule is O=C(NCc1ccco1)c1ccc(Nc2c(Cl)cccc2Cl)cn1. The smallest absolute Gasteiger partial charge is 0.270 e. The maximum atomic E-state index is 12.0. The maximum absolute atomic E-state index is 12.0. The summed E-state index contributed by atoms with van der Waals surface area (Å²) in [6.45, 7) is 0.308. The van der Waals surface area contributed by atoms with Crippen LogP contribution in [0.5, 0.6) is 0 Å². The molecule has 2 heterocycles. The van der Waals surface area contributed by atoms with Crippen molar-refractivity contribution in [1.82, 2.24) is 10.3 Å². The number of amides is 1. The number of hydrogen-bond acceptors (Lipinski definition) is 4. The minimum atomic E-state index is -0.284. The van der Waals surface area contributed by atoms with Crippen LogP contribution in [0.25, 0.3) is 0 Å². The summed E-state index contributed by atoms with van der Waals surface area (Å²) in [6, 6.07) is 12.1. The van der Waals surface area contributed by atoms with Crippen molar-refractivity contribution in [1.29, 1.82) is 0 Å². The summed E-state index contributed by atoms with van der Waals surface area (Å²) in [6.07, 6.45) is 3.10. The first-order chi connectivity index (χ1) is 11.6. The Kier molecular flexibility index (Phi) is 5.03. The molecule has 2 N–H and O–H groups in total. The van der Waals surface area contributed by atoms with E-state index in [1.54, 1.807) is 54.9 Å². The Labute approximate surface area is 148 Å². The van der Waals surface area contributed by atoms with Crippen molar-refractivity contribution in [3.05, 3.63) is 76.4 Å². The normalized spacial score (nSPS) is 10.4. The highest BCUT2D eigenvalue weighted by Gasteiger charge is 2.09. The van der Waals surface area contributed by atoms with Gasteiger partial charge in [-0.25, -0.2) is 4.98 Å². The van der Waals surface area contributed by atoms with Gasteiger partial charge in [0.15, 0.2) is 0 Å². The molecule has 0 radical (unpaired) electrons.